The van der Waals surface area contributed by atoms with Crippen LogP contribution < -0.4 is 10.1 Å². The van der Waals surface area contributed by atoms with Gasteiger partial charge in [0.2, 0.25) is 10.0 Å². The van der Waals surface area contributed by atoms with Crippen LogP contribution >= 0.6 is 11.3 Å². The average molecular weight is 377 g/mol. The van der Waals surface area contributed by atoms with Crippen LogP contribution in [0, 0.1) is 0 Å². The lowest BCUT2D eigenvalue weighted by atomic mass is 10.1. The highest BCUT2D eigenvalue weighted by Gasteiger charge is 2.18. The van der Waals surface area contributed by atoms with E-state index in [9.17, 15) is 13.2 Å². The number of nitrogens with one attached hydrogen (secondary N) is 2. The first-order valence-corrected chi connectivity index (χ1v) is 10.2. The van der Waals surface area contributed by atoms with Crippen molar-refractivity contribution in [3.63, 3.8) is 0 Å². The number of fused-ring (bicyclic) bond motifs is 1. The van der Waals surface area contributed by atoms with E-state index < -0.39 is 10.0 Å². The average Bonchev–Trinajstić information content (AvgIpc) is 3.21. The van der Waals surface area contributed by atoms with Gasteiger partial charge in [0, 0.05) is 4.88 Å². The summed E-state index contributed by atoms with van der Waals surface area (Å²) < 4.78 is 25.7. The van der Waals surface area contributed by atoms with Crippen LogP contribution in [0.15, 0.2) is 40.3 Å². The standard InChI is InChI=1S/C17H19N3O3S2/c1-11(12-6-8-14(9-7-12)25(22,23)18-2)19-20-17(21)16-10-13-4-3-5-15(13)24-16/h6-10,18H,3-5H2,1-2H3,(H,20,21)/b19-11-. The van der Waals surface area contributed by atoms with Gasteiger partial charge in [-0.15, -0.1) is 11.3 Å². The predicted octanol–water partition coefficient (Wildman–Crippen LogP) is 2.30. The monoisotopic (exact) mass is 377 g/mol. The molecule has 6 nitrogen and oxygen atoms in total. The molecule has 0 saturated carbocycles. The van der Waals surface area contributed by atoms with Crippen LogP contribution in [-0.2, 0) is 22.9 Å². The van der Waals surface area contributed by atoms with Gasteiger partial charge in [-0.25, -0.2) is 18.6 Å². The smallest absolute Gasteiger partial charge is 0.266 e. The van der Waals surface area contributed by atoms with E-state index in [-0.39, 0.29) is 10.8 Å². The molecule has 1 amide bonds. The van der Waals surface area contributed by atoms with E-state index >= 15 is 0 Å². The molecule has 0 bridgehead atoms. The molecule has 0 radical (unpaired) electrons. The summed E-state index contributed by atoms with van der Waals surface area (Å²) in [7, 11) is -2.09. The Balaban J connectivity index is 1.69. The molecule has 8 heteroatoms. The van der Waals surface area contributed by atoms with E-state index in [4.69, 9.17) is 0 Å². The molecular formula is C17H19N3O3S2. The second kappa shape index (κ2) is 7.07. The molecule has 1 heterocycles. The lowest BCUT2D eigenvalue weighted by Gasteiger charge is -2.05. The molecule has 2 aromatic rings. The lowest BCUT2D eigenvalue weighted by molar-refractivity contribution is 0.0959. The van der Waals surface area contributed by atoms with Crippen molar-refractivity contribution in [2.75, 3.05) is 7.05 Å². The number of aryl methyl sites for hydroxylation is 2. The first-order chi connectivity index (χ1) is 11.9. The van der Waals surface area contributed by atoms with Crippen LogP contribution in [0.5, 0.6) is 0 Å². The zero-order chi connectivity index (χ0) is 18.0. The number of carbonyl (C=O) groups is 1. The maximum atomic E-state index is 12.2. The van der Waals surface area contributed by atoms with Crippen LogP contribution in [0.3, 0.4) is 0 Å². The van der Waals surface area contributed by atoms with Gasteiger partial charge in [0.05, 0.1) is 15.5 Å². The summed E-state index contributed by atoms with van der Waals surface area (Å²) >= 11 is 1.53. The normalized spacial score (nSPS) is 14.4. The second-order valence-electron chi connectivity index (χ2n) is 5.78. The summed E-state index contributed by atoms with van der Waals surface area (Å²) in [4.78, 5) is 14.4. The van der Waals surface area contributed by atoms with Crippen molar-refractivity contribution in [2.45, 2.75) is 31.1 Å². The quantitative estimate of drug-likeness (QED) is 0.619. The van der Waals surface area contributed by atoms with Crippen molar-refractivity contribution in [2.24, 2.45) is 5.10 Å². The molecule has 0 spiro atoms. The van der Waals surface area contributed by atoms with E-state index in [1.54, 1.807) is 19.1 Å². The first-order valence-electron chi connectivity index (χ1n) is 7.91. The van der Waals surface area contributed by atoms with Gasteiger partial charge in [0.25, 0.3) is 5.91 Å². The summed E-state index contributed by atoms with van der Waals surface area (Å²) in [6, 6.07) is 8.28. The molecular weight excluding hydrogens is 358 g/mol. The predicted molar refractivity (Wildman–Crippen MR) is 98.7 cm³/mol. The summed E-state index contributed by atoms with van der Waals surface area (Å²) in [6.07, 6.45) is 3.26. The van der Waals surface area contributed by atoms with Gasteiger partial charge in [-0.3, -0.25) is 4.79 Å². The van der Waals surface area contributed by atoms with Crippen LogP contribution in [0.2, 0.25) is 0 Å². The topological polar surface area (TPSA) is 87.6 Å². The largest absolute Gasteiger partial charge is 0.281 e. The Morgan fingerprint density at radius 3 is 2.56 bits per heavy atom. The van der Waals surface area contributed by atoms with Crippen molar-refractivity contribution in [3.05, 3.63) is 51.2 Å². The molecule has 1 aromatic carbocycles. The number of thiophene rings is 1. The Morgan fingerprint density at radius 2 is 1.92 bits per heavy atom. The molecule has 1 aromatic heterocycles. The van der Waals surface area contributed by atoms with E-state index in [1.165, 1.54) is 47.4 Å². The summed E-state index contributed by atoms with van der Waals surface area (Å²) in [5.41, 5.74) is 5.19. The molecule has 1 aliphatic rings. The Kier molecular flexibility index (Phi) is 5.03. The molecule has 0 atom stereocenters. The number of carbonyl (C=O) groups excluding carboxylic acids is 1. The molecule has 2 N–H and O–H groups in total. The Hall–Kier alpha value is -2.03. The molecule has 0 saturated heterocycles. The SMILES string of the molecule is CNS(=O)(=O)c1ccc(/C(C)=N\NC(=O)c2cc3c(s2)CCC3)cc1. The summed E-state index contributed by atoms with van der Waals surface area (Å²) in [5.74, 6) is -0.215. The van der Waals surface area contributed by atoms with Gasteiger partial charge < -0.3 is 0 Å². The molecule has 3 rings (SSSR count). The minimum atomic E-state index is -3.46. The van der Waals surface area contributed by atoms with Crippen LogP contribution in [-0.4, -0.2) is 27.1 Å². The van der Waals surface area contributed by atoms with Crippen molar-refractivity contribution in [1.29, 1.82) is 0 Å². The molecule has 0 fully saturated rings. The number of hydrogen-bond donors (Lipinski definition) is 2. The summed E-state index contributed by atoms with van der Waals surface area (Å²) in [6.45, 7) is 1.76. The Labute approximate surface area is 151 Å². The van der Waals surface area contributed by atoms with Gasteiger partial charge in [0.15, 0.2) is 0 Å². The number of nitrogens with zero attached hydrogens (tertiary/aromatic N) is 1. The van der Waals surface area contributed by atoms with Crippen molar-refractivity contribution in [1.82, 2.24) is 10.1 Å². The zero-order valence-corrected chi connectivity index (χ0v) is 15.6. The van der Waals surface area contributed by atoms with E-state index in [0.29, 0.717) is 10.6 Å². The fraction of sp³-hybridized carbons (Fsp3) is 0.294. The number of hydrazone groups is 1. The molecule has 1 aliphatic carbocycles. The fourth-order valence-corrected chi connectivity index (χ4v) is 4.56. The summed E-state index contributed by atoms with van der Waals surface area (Å²) in [5, 5.41) is 4.12. The minimum Gasteiger partial charge on any atom is -0.266 e. The highest BCUT2D eigenvalue weighted by Crippen LogP contribution is 2.30. The number of benzene rings is 1. The van der Waals surface area contributed by atoms with Gasteiger partial charge in [-0.2, -0.15) is 5.10 Å². The Morgan fingerprint density at radius 1 is 1.20 bits per heavy atom. The number of rotatable bonds is 5. The van der Waals surface area contributed by atoms with Crippen molar-refractivity contribution >= 4 is 33.0 Å². The van der Waals surface area contributed by atoms with Crippen LogP contribution in [0.25, 0.3) is 0 Å². The van der Waals surface area contributed by atoms with Crippen molar-refractivity contribution < 1.29 is 13.2 Å². The highest BCUT2D eigenvalue weighted by atomic mass is 32.2. The zero-order valence-electron chi connectivity index (χ0n) is 14.0. The van der Waals surface area contributed by atoms with Gasteiger partial charge in [-0.05, 0) is 62.6 Å². The van der Waals surface area contributed by atoms with E-state index in [2.05, 4.69) is 15.2 Å². The Bertz CT molecular complexity index is 907. The second-order valence-corrected chi connectivity index (χ2v) is 8.81. The molecule has 25 heavy (non-hydrogen) atoms. The van der Waals surface area contributed by atoms with Gasteiger partial charge >= 0.3 is 0 Å². The van der Waals surface area contributed by atoms with E-state index in [0.717, 1.165) is 18.4 Å². The number of hydrogen-bond acceptors (Lipinski definition) is 5. The molecule has 132 valence electrons. The van der Waals surface area contributed by atoms with Crippen LogP contribution in [0.4, 0.5) is 0 Å². The fourth-order valence-electron chi connectivity index (χ4n) is 2.69. The van der Waals surface area contributed by atoms with Gasteiger partial charge in [0.1, 0.15) is 0 Å². The first kappa shape index (κ1) is 17.8. The third-order valence-corrected chi connectivity index (χ3v) is 6.81. The van der Waals surface area contributed by atoms with E-state index in [1.807, 2.05) is 6.07 Å². The van der Waals surface area contributed by atoms with Gasteiger partial charge in [-0.1, -0.05) is 12.1 Å². The lowest BCUT2D eigenvalue weighted by Crippen LogP contribution is -2.19. The number of amides is 1. The van der Waals surface area contributed by atoms with Crippen molar-refractivity contribution in [3.8, 4) is 0 Å². The maximum Gasteiger partial charge on any atom is 0.281 e. The molecule has 0 aliphatic heterocycles. The maximum absolute atomic E-state index is 12.2. The van der Waals surface area contributed by atoms with Crippen LogP contribution in [0.1, 0.15) is 39.0 Å². The highest BCUT2D eigenvalue weighted by molar-refractivity contribution is 7.89. The minimum absolute atomic E-state index is 0.184. The third kappa shape index (κ3) is 3.81. The molecule has 0 unspecified atom stereocenters. The third-order valence-electron chi connectivity index (χ3n) is 4.15. The number of sulfonamides is 1.